The second kappa shape index (κ2) is 11.4. The Morgan fingerprint density at radius 2 is 1.56 bits per heavy atom. The van der Waals surface area contributed by atoms with E-state index in [9.17, 15) is 27.6 Å². The summed E-state index contributed by atoms with van der Waals surface area (Å²) in [6.07, 6.45) is -2.40. The van der Waals surface area contributed by atoms with Crippen molar-refractivity contribution in [2.24, 2.45) is 0 Å². The number of carbonyl (C=O) groups excluding carboxylic acids is 3. The van der Waals surface area contributed by atoms with Gasteiger partial charge in [0.2, 0.25) is 5.91 Å². The zero-order chi connectivity index (χ0) is 23.2. The molecule has 3 N–H and O–H groups in total. The van der Waals surface area contributed by atoms with Gasteiger partial charge in [-0.1, -0.05) is 6.07 Å². The summed E-state index contributed by atoms with van der Waals surface area (Å²) in [6.45, 7) is 5.01. The second-order valence-electron chi connectivity index (χ2n) is 8.52. The second-order valence-corrected chi connectivity index (χ2v) is 8.52. The Morgan fingerprint density at radius 3 is 2.09 bits per heavy atom. The number of alkyl carbamates (subject to hydrolysis) is 1. The lowest BCUT2D eigenvalue weighted by atomic mass is 9.91. The SMILES string of the molecule is CC(C)(C)OC(=O)NC1CCC(NC(=O)CNC(=O)c2cccc(C(F)(F)F)c2)CC1.Cl. The molecule has 1 aliphatic carbocycles. The predicted molar refractivity (Wildman–Crippen MR) is 115 cm³/mol. The summed E-state index contributed by atoms with van der Waals surface area (Å²) in [6, 6.07) is 3.87. The summed E-state index contributed by atoms with van der Waals surface area (Å²) in [5.41, 5.74) is -1.67. The van der Waals surface area contributed by atoms with Gasteiger partial charge in [-0.2, -0.15) is 13.2 Å². The molecule has 0 saturated heterocycles. The van der Waals surface area contributed by atoms with Crippen molar-refractivity contribution in [1.29, 1.82) is 0 Å². The molecule has 0 radical (unpaired) electrons. The summed E-state index contributed by atoms with van der Waals surface area (Å²) in [5, 5.41) is 7.94. The maximum absolute atomic E-state index is 12.7. The van der Waals surface area contributed by atoms with Crippen LogP contribution in [0.3, 0.4) is 0 Å². The molecule has 1 fully saturated rings. The van der Waals surface area contributed by atoms with Gasteiger partial charge in [0.25, 0.3) is 5.91 Å². The van der Waals surface area contributed by atoms with Gasteiger partial charge in [-0.15, -0.1) is 12.4 Å². The molecule has 0 unspecified atom stereocenters. The van der Waals surface area contributed by atoms with E-state index in [1.54, 1.807) is 20.8 Å². The van der Waals surface area contributed by atoms with Crippen LogP contribution in [0.25, 0.3) is 0 Å². The highest BCUT2D eigenvalue weighted by molar-refractivity contribution is 5.96. The lowest BCUT2D eigenvalue weighted by Gasteiger charge is -2.30. The molecule has 0 aromatic heterocycles. The summed E-state index contributed by atoms with van der Waals surface area (Å²) in [5.74, 6) is -1.18. The molecule has 3 amide bonds. The van der Waals surface area contributed by atoms with Crippen LogP contribution in [0.2, 0.25) is 0 Å². The third kappa shape index (κ3) is 9.33. The van der Waals surface area contributed by atoms with E-state index in [1.807, 2.05) is 0 Å². The van der Waals surface area contributed by atoms with Crippen LogP contribution in [0.1, 0.15) is 62.4 Å². The molecule has 0 aliphatic heterocycles. The predicted octanol–water partition coefficient (Wildman–Crippen LogP) is 3.81. The quantitative estimate of drug-likeness (QED) is 0.598. The van der Waals surface area contributed by atoms with E-state index in [2.05, 4.69) is 16.0 Å². The molecule has 1 saturated carbocycles. The number of amides is 3. The Balaban J connectivity index is 0.00000512. The van der Waals surface area contributed by atoms with Crippen LogP contribution < -0.4 is 16.0 Å². The van der Waals surface area contributed by atoms with E-state index in [0.717, 1.165) is 18.2 Å². The van der Waals surface area contributed by atoms with Crippen molar-refractivity contribution in [3.63, 3.8) is 0 Å². The molecule has 7 nitrogen and oxygen atoms in total. The molecule has 1 aromatic carbocycles. The van der Waals surface area contributed by atoms with Crippen LogP contribution >= 0.6 is 12.4 Å². The highest BCUT2D eigenvalue weighted by Gasteiger charge is 2.31. The van der Waals surface area contributed by atoms with E-state index in [-0.39, 0.29) is 36.6 Å². The highest BCUT2D eigenvalue weighted by atomic mass is 35.5. The van der Waals surface area contributed by atoms with Crippen LogP contribution in [-0.2, 0) is 15.7 Å². The standard InChI is InChI=1S/C21H28F3N3O4.ClH/c1-20(2,3)31-19(30)27-16-9-7-15(8-10-16)26-17(28)12-25-18(29)13-5-4-6-14(11-13)21(22,23)24;/h4-6,11,15-16H,7-10,12H2,1-3H3,(H,25,29)(H,26,28)(H,27,30);1H. The molecule has 0 bridgehead atoms. The van der Waals surface area contributed by atoms with Gasteiger partial charge in [-0.05, 0) is 64.7 Å². The van der Waals surface area contributed by atoms with Crippen molar-refractivity contribution < 1.29 is 32.3 Å². The molecular weight excluding hydrogens is 451 g/mol. The zero-order valence-corrected chi connectivity index (χ0v) is 19.0. The largest absolute Gasteiger partial charge is 0.444 e. The summed E-state index contributed by atoms with van der Waals surface area (Å²) in [7, 11) is 0. The topological polar surface area (TPSA) is 96.5 Å². The Kier molecular flexibility index (Phi) is 9.81. The summed E-state index contributed by atoms with van der Waals surface area (Å²) >= 11 is 0. The first kappa shape index (κ1) is 27.5. The van der Waals surface area contributed by atoms with Crippen molar-refractivity contribution >= 4 is 30.3 Å². The average Bonchev–Trinajstić information content (AvgIpc) is 2.65. The highest BCUT2D eigenvalue weighted by Crippen LogP contribution is 2.29. The fourth-order valence-electron chi connectivity index (χ4n) is 3.23. The Labute approximate surface area is 191 Å². The lowest BCUT2D eigenvalue weighted by molar-refractivity contribution is -0.137. The monoisotopic (exact) mass is 479 g/mol. The summed E-state index contributed by atoms with van der Waals surface area (Å²) in [4.78, 5) is 36.0. The number of rotatable bonds is 5. The number of benzene rings is 1. The first-order valence-electron chi connectivity index (χ1n) is 10.1. The van der Waals surface area contributed by atoms with E-state index in [0.29, 0.717) is 25.7 Å². The fourth-order valence-corrected chi connectivity index (χ4v) is 3.23. The number of ether oxygens (including phenoxy) is 1. The van der Waals surface area contributed by atoms with Gasteiger partial charge in [0.05, 0.1) is 12.1 Å². The van der Waals surface area contributed by atoms with Gasteiger partial charge in [-0.3, -0.25) is 9.59 Å². The zero-order valence-electron chi connectivity index (χ0n) is 18.2. The number of halogens is 4. The van der Waals surface area contributed by atoms with Crippen LogP contribution in [0, 0.1) is 0 Å². The third-order valence-electron chi connectivity index (χ3n) is 4.67. The smallest absolute Gasteiger partial charge is 0.416 e. The van der Waals surface area contributed by atoms with Crippen LogP contribution in [-0.4, -0.2) is 42.1 Å². The lowest BCUT2D eigenvalue weighted by Crippen LogP contribution is -2.47. The first-order chi connectivity index (χ1) is 14.3. The van der Waals surface area contributed by atoms with Gasteiger partial charge in [0, 0.05) is 17.6 Å². The molecule has 180 valence electrons. The molecule has 1 aliphatic rings. The average molecular weight is 480 g/mol. The minimum atomic E-state index is -4.55. The molecular formula is C21H29ClF3N3O4. The molecule has 0 spiro atoms. The van der Waals surface area contributed by atoms with Gasteiger partial charge >= 0.3 is 12.3 Å². The normalized spacial score (nSPS) is 18.7. The van der Waals surface area contributed by atoms with Crippen LogP contribution in [0.5, 0.6) is 0 Å². The number of hydrogen-bond donors (Lipinski definition) is 3. The molecule has 11 heteroatoms. The van der Waals surface area contributed by atoms with Crippen LogP contribution in [0.15, 0.2) is 24.3 Å². The minimum Gasteiger partial charge on any atom is -0.444 e. The maximum Gasteiger partial charge on any atom is 0.416 e. The number of carbonyl (C=O) groups is 3. The molecule has 1 aromatic rings. The first-order valence-corrected chi connectivity index (χ1v) is 10.1. The van der Waals surface area contributed by atoms with Gasteiger partial charge < -0.3 is 20.7 Å². The minimum absolute atomic E-state index is 0. The third-order valence-corrected chi connectivity index (χ3v) is 4.67. The Morgan fingerprint density at radius 1 is 1.00 bits per heavy atom. The van der Waals surface area contributed by atoms with Gasteiger partial charge in [0.15, 0.2) is 0 Å². The maximum atomic E-state index is 12.7. The van der Waals surface area contributed by atoms with E-state index in [1.165, 1.54) is 6.07 Å². The molecule has 0 heterocycles. The molecule has 32 heavy (non-hydrogen) atoms. The Hall–Kier alpha value is -2.49. The van der Waals surface area contributed by atoms with Crippen molar-refractivity contribution in [3.8, 4) is 0 Å². The molecule has 2 rings (SSSR count). The number of hydrogen-bond acceptors (Lipinski definition) is 4. The Bertz CT molecular complexity index is 804. The van der Waals surface area contributed by atoms with Crippen molar-refractivity contribution in [2.75, 3.05) is 6.54 Å². The van der Waals surface area contributed by atoms with E-state index < -0.39 is 35.2 Å². The summed E-state index contributed by atoms with van der Waals surface area (Å²) < 4.78 is 43.5. The molecule has 0 atom stereocenters. The number of nitrogens with one attached hydrogen (secondary N) is 3. The fraction of sp³-hybridized carbons (Fsp3) is 0.571. The number of alkyl halides is 3. The van der Waals surface area contributed by atoms with Gasteiger partial charge in [-0.25, -0.2) is 4.79 Å². The van der Waals surface area contributed by atoms with Crippen molar-refractivity contribution in [3.05, 3.63) is 35.4 Å². The van der Waals surface area contributed by atoms with E-state index in [4.69, 9.17) is 4.74 Å². The van der Waals surface area contributed by atoms with Crippen molar-refractivity contribution in [2.45, 2.75) is 70.3 Å². The van der Waals surface area contributed by atoms with E-state index >= 15 is 0 Å². The van der Waals surface area contributed by atoms with Gasteiger partial charge in [0.1, 0.15) is 5.60 Å². The van der Waals surface area contributed by atoms with Crippen LogP contribution in [0.4, 0.5) is 18.0 Å². The van der Waals surface area contributed by atoms with Crippen molar-refractivity contribution in [1.82, 2.24) is 16.0 Å².